The first-order valence-electron chi connectivity index (χ1n) is 9.05. The Kier molecular flexibility index (Phi) is 5.05. The third kappa shape index (κ3) is 4.14. The molecule has 23 heavy (non-hydrogen) atoms. The van der Waals surface area contributed by atoms with E-state index in [0.29, 0.717) is 17.2 Å². The summed E-state index contributed by atoms with van der Waals surface area (Å²) in [6, 6.07) is 0. The molecule has 5 heteroatoms. The maximum absolute atomic E-state index is 12.3. The number of amides is 1. The van der Waals surface area contributed by atoms with Gasteiger partial charge in [0.25, 0.3) is 0 Å². The zero-order valence-electron chi connectivity index (χ0n) is 14.6. The number of H-pyrrole nitrogens is 1. The quantitative estimate of drug-likeness (QED) is 0.908. The first kappa shape index (κ1) is 16.5. The van der Waals surface area contributed by atoms with Crippen LogP contribution in [0.5, 0.6) is 0 Å². The molecule has 2 aliphatic heterocycles. The SMILES string of the molecule is CC(C)CCN1C[C@@]2(CCCN(Cc3ncc[nH]3)C2)CCC1=O. The second-order valence-electron chi connectivity index (χ2n) is 7.85. The minimum absolute atomic E-state index is 0.301. The van der Waals surface area contributed by atoms with E-state index in [2.05, 4.69) is 33.6 Å². The summed E-state index contributed by atoms with van der Waals surface area (Å²) in [5, 5.41) is 0. The minimum atomic E-state index is 0.301. The molecule has 0 unspecified atom stereocenters. The van der Waals surface area contributed by atoms with Crippen molar-refractivity contribution in [3.05, 3.63) is 18.2 Å². The highest BCUT2D eigenvalue weighted by molar-refractivity contribution is 5.77. The van der Waals surface area contributed by atoms with Crippen LogP contribution in [0.1, 0.15) is 51.8 Å². The lowest BCUT2D eigenvalue weighted by atomic mass is 9.73. The largest absolute Gasteiger partial charge is 0.348 e. The van der Waals surface area contributed by atoms with Gasteiger partial charge in [0.15, 0.2) is 0 Å². The van der Waals surface area contributed by atoms with Gasteiger partial charge >= 0.3 is 0 Å². The van der Waals surface area contributed by atoms with Crippen LogP contribution < -0.4 is 0 Å². The summed E-state index contributed by atoms with van der Waals surface area (Å²) in [6.07, 6.45) is 9.09. The van der Waals surface area contributed by atoms with Crippen LogP contribution in [0.25, 0.3) is 0 Å². The average Bonchev–Trinajstić information content (AvgIpc) is 3.02. The van der Waals surface area contributed by atoms with E-state index in [1.165, 1.54) is 12.8 Å². The molecular weight excluding hydrogens is 288 g/mol. The monoisotopic (exact) mass is 318 g/mol. The molecule has 1 amide bonds. The number of aromatic amines is 1. The molecule has 2 saturated heterocycles. The van der Waals surface area contributed by atoms with Crippen LogP contribution >= 0.6 is 0 Å². The van der Waals surface area contributed by atoms with E-state index in [1.807, 2.05) is 12.4 Å². The fraction of sp³-hybridized carbons (Fsp3) is 0.778. The van der Waals surface area contributed by atoms with Gasteiger partial charge in [-0.3, -0.25) is 9.69 Å². The number of rotatable bonds is 5. The zero-order chi connectivity index (χ0) is 16.3. The first-order valence-corrected chi connectivity index (χ1v) is 9.05. The third-order valence-corrected chi connectivity index (χ3v) is 5.39. The van der Waals surface area contributed by atoms with Crippen LogP contribution in [0.15, 0.2) is 12.4 Å². The van der Waals surface area contributed by atoms with Gasteiger partial charge in [-0.05, 0) is 38.1 Å². The number of nitrogens with zero attached hydrogens (tertiary/aromatic N) is 3. The maximum atomic E-state index is 12.3. The molecule has 5 nitrogen and oxygen atoms in total. The predicted molar refractivity (Wildman–Crippen MR) is 90.8 cm³/mol. The van der Waals surface area contributed by atoms with E-state index in [9.17, 15) is 4.79 Å². The third-order valence-electron chi connectivity index (χ3n) is 5.39. The summed E-state index contributed by atoms with van der Waals surface area (Å²) in [5.74, 6) is 2.06. The van der Waals surface area contributed by atoms with Gasteiger partial charge in [-0.25, -0.2) is 4.98 Å². The van der Waals surface area contributed by atoms with Gasteiger partial charge in [0, 0.05) is 43.9 Å². The molecule has 128 valence electrons. The summed E-state index contributed by atoms with van der Waals surface area (Å²) in [4.78, 5) is 24.5. The van der Waals surface area contributed by atoms with Gasteiger partial charge < -0.3 is 9.88 Å². The molecular formula is C18H30N4O. The highest BCUT2D eigenvalue weighted by Gasteiger charge is 2.41. The van der Waals surface area contributed by atoms with Crippen molar-refractivity contribution >= 4 is 5.91 Å². The van der Waals surface area contributed by atoms with Crippen LogP contribution in [-0.2, 0) is 11.3 Å². The van der Waals surface area contributed by atoms with E-state index >= 15 is 0 Å². The van der Waals surface area contributed by atoms with Gasteiger partial charge in [0.2, 0.25) is 5.91 Å². The van der Waals surface area contributed by atoms with Gasteiger partial charge in [0.1, 0.15) is 5.82 Å². The van der Waals surface area contributed by atoms with E-state index in [1.54, 1.807) is 0 Å². The Balaban J connectivity index is 1.61. The number of carbonyl (C=O) groups is 1. The molecule has 1 spiro atoms. The Hall–Kier alpha value is -1.36. The number of hydrogen-bond acceptors (Lipinski definition) is 3. The Morgan fingerprint density at radius 1 is 1.35 bits per heavy atom. The van der Waals surface area contributed by atoms with Crippen molar-refractivity contribution in [2.75, 3.05) is 26.2 Å². The molecule has 1 atom stereocenters. The number of likely N-dealkylation sites (tertiary alicyclic amines) is 2. The van der Waals surface area contributed by atoms with Gasteiger partial charge in [-0.15, -0.1) is 0 Å². The van der Waals surface area contributed by atoms with Gasteiger partial charge in [-0.1, -0.05) is 13.8 Å². The summed E-state index contributed by atoms with van der Waals surface area (Å²) in [6.45, 7) is 9.48. The molecule has 3 heterocycles. The Bertz CT molecular complexity index is 513. The second-order valence-corrected chi connectivity index (χ2v) is 7.85. The number of nitrogens with one attached hydrogen (secondary N) is 1. The molecule has 2 aliphatic rings. The molecule has 2 fully saturated rings. The fourth-order valence-corrected chi connectivity index (χ4v) is 4.09. The van der Waals surface area contributed by atoms with E-state index in [4.69, 9.17) is 0 Å². The zero-order valence-corrected chi connectivity index (χ0v) is 14.6. The first-order chi connectivity index (χ1) is 11.1. The molecule has 0 radical (unpaired) electrons. The fourth-order valence-electron chi connectivity index (χ4n) is 4.09. The molecule has 0 bridgehead atoms. The highest BCUT2D eigenvalue weighted by Crippen LogP contribution is 2.39. The van der Waals surface area contributed by atoms with Crippen molar-refractivity contribution in [1.82, 2.24) is 19.8 Å². The maximum Gasteiger partial charge on any atom is 0.222 e. The van der Waals surface area contributed by atoms with Crippen molar-refractivity contribution in [3.63, 3.8) is 0 Å². The van der Waals surface area contributed by atoms with Crippen molar-refractivity contribution < 1.29 is 4.79 Å². The molecule has 1 aromatic rings. The van der Waals surface area contributed by atoms with E-state index in [-0.39, 0.29) is 0 Å². The van der Waals surface area contributed by atoms with Crippen LogP contribution in [0.3, 0.4) is 0 Å². The Morgan fingerprint density at radius 2 is 2.22 bits per heavy atom. The van der Waals surface area contributed by atoms with Crippen molar-refractivity contribution in [2.45, 2.75) is 52.5 Å². The van der Waals surface area contributed by atoms with Crippen LogP contribution in [-0.4, -0.2) is 51.9 Å². The van der Waals surface area contributed by atoms with Crippen LogP contribution in [0.2, 0.25) is 0 Å². The Labute approximate surface area is 139 Å². The molecule has 1 aromatic heterocycles. The topological polar surface area (TPSA) is 52.2 Å². The lowest BCUT2D eigenvalue weighted by molar-refractivity contribution is -0.139. The molecule has 3 rings (SSSR count). The van der Waals surface area contributed by atoms with Crippen molar-refractivity contribution in [3.8, 4) is 0 Å². The van der Waals surface area contributed by atoms with Crippen LogP contribution in [0.4, 0.5) is 0 Å². The lowest BCUT2D eigenvalue weighted by Gasteiger charge is -2.48. The summed E-state index contributed by atoms with van der Waals surface area (Å²) in [7, 11) is 0. The predicted octanol–water partition coefficient (Wildman–Crippen LogP) is 2.66. The number of hydrogen-bond donors (Lipinski definition) is 1. The number of carbonyl (C=O) groups excluding carboxylic acids is 1. The lowest BCUT2D eigenvalue weighted by Crippen LogP contribution is -2.54. The summed E-state index contributed by atoms with van der Waals surface area (Å²) >= 11 is 0. The van der Waals surface area contributed by atoms with Crippen molar-refractivity contribution in [2.24, 2.45) is 11.3 Å². The van der Waals surface area contributed by atoms with Crippen molar-refractivity contribution in [1.29, 1.82) is 0 Å². The van der Waals surface area contributed by atoms with E-state index in [0.717, 1.165) is 57.8 Å². The molecule has 0 aliphatic carbocycles. The highest BCUT2D eigenvalue weighted by atomic mass is 16.2. The van der Waals surface area contributed by atoms with Gasteiger partial charge in [-0.2, -0.15) is 0 Å². The average molecular weight is 318 g/mol. The summed E-state index contributed by atoms with van der Waals surface area (Å²) in [5.41, 5.74) is 0.301. The number of imidazole rings is 1. The Morgan fingerprint density at radius 3 is 2.96 bits per heavy atom. The number of aromatic nitrogens is 2. The second kappa shape index (κ2) is 7.04. The smallest absolute Gasteiger partial charge is 0.222 e. The molecule has 0 aromatic carbocycles. The number of piperidine rings is 2. The normalized spacial score (nSPS) is 26.4. The van der Waals surface area contributed by atoms with Gasteiger partial charge in [0.05, 0.1) is 6.54 Å². The van der Waals surface area contributed by atoms with Crippen LogP contribution in [0, 0.1) is 11.3 Å². The molecule has 0 saturated carbocycles. The molecule has 1 N–H and O–H groups in total. The van der Waals surface area contributed by atoms with E-state index < -0.39 is 0 Å². The summed E-state index contributed by atoms with van der Waals surface area (Å²) < 4.78 is 0. The standard InChI is InChI=1S/C18H30N4O/c1-15(2)5-11-22-14-18(7-4-17(22)23)6-3-10-21(13-18)12-16-19-8-9-20-16/h8-9,15H,3-7,10-14H2,1-2H3,(H,19,20)/t18-/m0/s1. The minimum Gasteiger partial charge on any atom is -0.348 e.